The zero-order valence-corrected chi connectivity index (χ0v) is 13.1. The summed E-state index contributed by atoms with van der Waals surface area (Å²) in [6.07, 6.45) is -4.36. The second-order valence-corrected chi connectivity index (χ2v) is 5.35. The fraction of sp³-hybridized carbons (Fsp3) is 0.200. The highest BCUT2D eigenvalue weighted by atomic mass is 79.9. The zero-order chi connectivity index (χ0) is 15.5. The van der Waals surface area contributed by atoms with E-state index >= 15 is 0 Å². The van der Waals surface area contributed by atoms with Gasteiger partial charge in [0.15, 0.2) is 0 Å². The van der Waals surface area contributed by atoms with Crippen LogP contribution >= 0.6 is 27.5 Å². The average Bonchev–Trinajstić information content (AvgIpc) is 2.45. The van der Waals surface area contributed by atoms with Gasteiger partial charge >= 0.3 is 6.18 Å². The quantitative estimate of drug-likeness (QED) is 0.607. The third-order valence-electron chi connectivity index (χ3n) is 2.80. The van der Waals surface area contributed by atoms with E-state index in [0.29, 0.717) is 21.7 Å². The van der Waals surface area contributed by atoms with E-state index < -0.39 is 11.7 Å². The average molecular weight is 380 g/mol. The molecule has 0 heterocycles. The zero-order valence-electron chi connectivity index (χ0n) is 10.8. The Morgan fingerprint density at radius 3 is 2.43 bits per heavy atom. The molecule has 0 amide bonds. The summed E-state index contributed by atoms with van der Waals surface area (Å²) in [5.74, 6) is 0.443. The van der Waals surface area contributed by atoms with E-state index in [2.05, 4.69) is 15.9 Å². The Morgan fingerprint density at radius 1 is 1.05 bits per heavy atom. The highest BCUT2D eigenvalue weighted by molar-refractivity contribution is 9.08. The van der Waals surface area contributed by atoms with Crippen molar-refractivity contribution in [2.24, 2.45) is 0 Å². The van der Waals surface area contributed by atoms with Gasteiger partial charge in [-0.15, -0.1) is 0 Å². The molecule has 0 atom stereocenters. The number of hydrogen-bond acceptors (Lipinski definition) is 1. The Balaban J connectivity index is 2.10. The Labute approximate surface area is 133 Å². The van der Waals surface area contributed by atoms with Gasteiger partial charge in [-0.2, -0.15) is 13.2 Å². The predicted octanol–water partition coefficient (Wildman–Crippen LogP) is 5.83. The molecule has 21 heavy (non-hydrogen) atoms. The van der Waals surface area contributed by atoms with Crippen LogP contribution in [0.25, 0.3) is 0 Å². The van der Waals surface area contributed by atoms with Gasteiger partial charge in [0, 0.05) is 5.33 Å². The minimum atomic E-state index is -4.36. The van der Waals surface area contributed by atoms with Gasteiger partial charge in [-0.25, -0.2) is 0 Å². The molecule has 0 aliphatic carbocycles. The Kier molecular flexibility index (Phi) is 5.17. The maximum Gasteiger partial charge on any atom is 0.416 e. The van der Waals surface area contributed by atoms with E-state index in [4.69, 9.17) is 16.3 Å². The summed E-state index contributed by atoms with van der Waals surface area (Å²) in [4.78, 5) is 0. The molecule has 1 nitrogen and oxygen atoms in total. The molecule has 0 aliphatic heterocycles. The highest BCUT2D eigenvalue weighted by Crippen LogP contribution is 2.30. The predicted molar refractivity (Wildman–Crippen MR) is 79.9 cm³/mol. The Morgan fingerprint density at radius 2 is 1.81 bits per heavy atom. The smallest absolute Gasteiger partial charge is 0.416 e. The molecule has 2 aromatic rings. The number of hydrogen-bond donors (Lipinski definition) is 0. The van der Waals surface area contributed by atoms with E-state index in [0.717, 1.165) is 17.7 Å². The van der Waals surface area contributed by atoms with E-state index in [1.807, 2.05) is 6.07 Å². The molecular formula is C15H11BrClF3O. The van der Waals surface area contributed by atoms with E-state index in [9.17, 15) is 13.2 Å². The number of halogens is 5. The molecule has 2 aromatic carbocycles. The minimum absolute atomic E-state index is 0.0251. The van der Waals surface area contributed by atoms with E-state index in [1.54, 1.807) is 18.2 Å². The fourth-order valence-corrected chi connectivity index (χ4v) is 2.35. The Bertz CT molecular complexity index is 629. The standard InChI is InChI=1S/C15H11BrClF3O/c16-8-10-4-5-14(13(17)7-10)21-9-11-2-1-3-12(6-11)15(18,19)20/h1-7H,8-9H2. The second kappa shape index (κ2) is 6.71. The van der Waals surface area contributed by atoms with Crippen LogP contribution in [-0.4, -0.2) is 0 Å². The molecular weight excluding hydrogens is 369 g/mol. The molecule has 0 radical (unpaired) electrons. The van der Waals surface area contributed by atoms with Crippen LogP contribution in [0, 0.1) is 0 Å². The van der Waals surface area contributed by atoms with Crippen molar-refractivity contribution in [2.45, 2.75) is 18.1 Å². The van der Waals surface area contributed by atoms with Gasteiger partial charge in [0.25, 0.3) is 0 Å². The van der Waals surface area contributed by atoms with Crippen molar-refractivity contribution in [3.63, 3.8) is 0 Å². The third kappa shape index (κ3) is 4.38. The van der Waals surface area contributed by atoms with Crippen molar-refractivity contribution < 1.29 is 17.9 Å². The molecule has 0 aliphatic rings. The number of alkyl halides is 4. The molecule has 0 bridgehead atoms. The summed E-state index contributed by atoms with van der Waals surface area (Å²) in [5, 5.41) is 1.10. The molecule has 0 spiro atoms. The van der Waals surface area contributed by atoms with E-state index in [-0.39, 0.29) is 6.61 Å². The molecule has 2 rings (SSSR count). The lowest BCUT2D eigenvalue weighted by Crippen LogP contribution is -2.06. The van der Waals surface area contributed by atoms with Crippen LogP contribution in [-0.2, 0) is 18.1 Å². The van der Waals surface area contributed by atoms with Crippen LogP contribution in [0.4, 0.5) is 13.2 Å². The largest absolute Gasteiger partial charge is 0.487 e. The highest BCUT2D eigenvalue weighted by Gasteiger charge is 2.30. The monoisotopic (exact) mass is 378 g/mol. The van der Waals surface area contributed by atoms with Crippen molar-refractivity contribution in [1.29, 1.82) is 0 Å². The summed E-state index contributed by atoms with van der Waals surface area (Å²) in [6.45, 7) is 0.0251. The van der Waals surface area contributed by atoms with Crippen LogP contribution in [0.1, 0.15) is 16.7 Å². The summed E-state index contributed by atoms with van der Waals surface area (Å²) >= 11 is 9.36. The maximum absolute atomic E-state index is 12.6. The van der Waals surface area contributed by atoms with Crippen molar-refractivity contribution in [3.05, 3.63) is 64.2 Å². The SMILES string of the molecule is FC(F)(F)c1cccc(COc2ccc(CBr)cc2Cl)c1. The molecule has 0 unspecified atom stereocenters. The molecule has 6 heteroatoms. The van der Waals surface area contributed by atoms with Gasteiger partial charge in [-0.1, -0.05) is 45.7 Å². The van der Waals surface area contributed by atoms with Gasteiger partial charge in [0.05, 0.1) is 10.6 Å². The number of rotatable bonds is 4. The van der Waals surface area contributed by atoms with Crippen molar-refractivity contribution in [3.8, 4) is 5.75 Å². The molecule has 0 fully saturated rings. The van der Waals surface area contributed by atoms with Gasteiger partial charge in [0.1, 0.15) is 12.4 Å². The molecule has 0 aromatic heterocycles. The maximum atomic E-state index is 12.6. The normalized spacial score (nSPS) is 11.5. The summed E-state index contributed by atoms with van der Waals surface area (Å²) in [6, 6.07) is 10.3. The van der Waals surface area contributed by atoms with E-state index in [1.165, 1.54) is 6.07 Å². The number of benzene rings is 2. The molecule has 0 N–H and O–H groups in total. The first-order chi connectivity index (χ1) is 9.90. The van der Waals surface area contributed by atoms with Crippen molar-refractivity contribution in [1.82, 2.24) is 0 Å². The van der Waals surface area contributed by atoms with Crippen LogP contribution in [0.15, 0.2) is 42.5 Å². The molecule has 0 saturated heterocycles. The number of ether oxygens (including phenoxy) is 1. The fourth-order valence-electron chi connectivity index (χ4n) is 1.74. The first-order valence-electron chi connectivity index (χ1n) is 6.03. The minimum Gasteiger partial charge on any atom is -0.487 e. The van der Waals surface area contributed by atoms with Gasteiger partial charge in [-0.3, -0.25) is 0 Å². The topological polar surface area (TPSA) is 9.23 Å². The lowest BCUT2D eigenvalue weighted by Gasteiger charge is -2.11. The van der Waals surface area contributed by atoms with Crippen molar-refractivity contribution >= 4 is 27.5 Å². The first kappa shape index (κ1) is 16.2. The van der Waals surface area contributed by atoms with Crippen LogP contribution < -0.4 is 4.74 Å². The van der Waals surface area contributed by atoms with Gasteiger partial charge < -0.3 is 4.74 Å². The van der Waals surface area contributed by atoms with Crippen LogP contribution in [0.2, 0.25) is 5.02 Å². The Hall–Kier alpha value is -1.20. The first-order valence-corrected chi connectivity index (χ1v) is 7.53. The lowest BCUT2D eigenvalue weighted by atomic mass is 10.1. The van der Waals surface area contributed by atoms with Crippen molar-refractivity contribution in [2.75, 3.05) is 0 Å². The third-order valence-corrected chi connectivity index (χ3v) is 3.74. The molecule has 112 valence electrons. The van der Waals surface area contributed by atoms with Gasteiger partial charge in [0.2, 0.25) is 0 Å². The molecule has 0 saturated carbocycles. The van der Waals surface area contributed by atoms with Crippen LogP contribution in [0.3, 0.4) is 0 Å². The summed E-state index contributed by atoms with van der Waals surface area (Å²) < 4.78 is 43.3. The van der Waals surface area contributed by atoms with Crippen LogP contribution in [0.5, 0.6) is 5.75 Å². The summed E-state index contributed by atoms with van der Waals surface area (Å²) in [7, 11) is 0. The summed E-state index contributed by atoms with van der Waals surface area (Å²) in [5.41, 5.74) is 0.737. The second-order valence-electron chi connectivity index (χ2n) is 4.39. The van der Waals surface area contributed by atoms with Gasteiger partial charge in [-0.05, 0) is 35.4 Å². The lowest BCUT2D eigenvalue weighted by molar-refractivity contribution is -0.137.